The second-order valence-corrected chi connectivity index (χ2v) is 5.34. The summed E-state index contributed by atoms with van der Waals surface area (Å²) in [5, 5.41) is 8.77. The molecular weight excluding hydrogens is 278 g/mol. The lowest BCUT2D eigenvalue weighted by Gasteiger charge is -2.13. The van der Waals surface area contributed by atoms with Crippen LogP contribution >= 0.6 is 11.3 Å². The van der Waals surface area contributed by atoms with Crippen LogP contribution in [0.5, 0.6) is 0 Å². The molecule has 0 aliphatic carbocycles. The zero-order valence-electron chi connectivity index (χ0n) is 11.5. The zero-order chi connectivity index (χ0) is 14.5. The Labute approximate surface area is 120 Å². The van der Waals surface area contributed by atoms with Crippen LogP contribution in [-0.4, -0.2) is 21.7 Å². The van der Waals surface area contributed by atoms with Crippen LogP contribution in [0.2, 0.25) is 0 Å². The van der Waals surface area contributed by atoms with Crippen molar-refractivity contribution < 1.29 is 9.21 Å². The maximum absolute atomic E-state index is 11.8. The van der Waals surface area contributed by atoms with Gasteiger partial charge in [-0.25, -0.2) is 4.79 Å². The first-order valence-electron chi connectivity index (χ1n) is 6.55. The van der Waals surface area contributed by atoms with Gasteiger partial charge in [-0.05, 0) is 24.3 Å². The van der Waals surface area contributed by atoms with E-state index in [2.05, 4.69) is 10.4 Å². The van der Waals surface area contributed by atoms with Crippen LogP contribution in [0, 0.1) is 0 Å². The Morgan fingerprint density at radius 2 is 2.25 bits per heavy atom. The highest BCUT2D eigenvalue weighted by atomic mass is 32.1. The molecule has 1 amide bonds. The summed E-state index contributed by atoms with van der Waals surface area (Å²) < 4.78 is 6.09. The van der Waals surface area contributed by atoms with Gasteiger partial charge in [0.2, 0.25) is 5.91 Å². The fraction of sp³-hybridized carbons (Fsp3) is 0.462. The van der Waals surface area contributed by atoms with E-state index in [1.807, 2.05) is 31.4 Å². The molecule has 2 aromatic rings. The van der Waals surface area contributed by atoms with E-state index in [9.17, 15) is 9.59 Å². The van der Waals surface area contributed by atoms with Crippen molar-refractivity contribution >= 4 is 17.2 Å². The molecule has 0 spiro atoms. The van der Waals surface area contributed by atoms with Crippen molar-refractivity contribution in [1.29, 1.82) is 0 Å². The minimum atomic E-state index is -0.618. The molecule has 0 saturated carbocycles. The van der Waals surface area contributed by atoms with E-state index in [4.69, 9.17) is 4.42 Å². The third-order valence-corrected chi connectivity index (χ3v) is 3.84. The highest BCUT2D eigenvalue weighted by Crippen LogP contribution is 2.20. The maximum Gasteiger partial charge on any atom is 0.437 e. The second-order valence-electron chi connectivity index (χ2n) is 4.39. The van der Waals surface area contributed by atoms with E-state index >= 15 is 0 Å². The molecule has 2 rings (SSSR count). The Morgan fingerprint density at radius 3 is 2.85 bits per heavy atom. The molecule has 108 valence electrons. The molecule has 7 heteroatoms. The van der Waals surface area contributed by atoms with Gasteiger partial charge in [0, 0.05) is 6.04 Å². The molecule has 2 heterocycles. The topological polar surface area (TPSA) is 77.1 Å². The molecule has 0 saturated heterocycles. The standard InChI is InChI=1S/C13H17N3O3S/c1-3-9(4-2)14-11(17)8-16-13(18)19-12(15-16)10-6-5-7-20-10/h5-7,9H,3-4,8H2,1-2H3,(H,14,17). The van der Waals surface area contributed by atoms with Gasteiger partial charge in [-0.3, -0.25) is 4.79 Å². The summed E-state index contributed by atoms with van der Waals surface area (Å²) in [4.78, 5) is 24.3. The molecule has 0 unspecified atom stereocenters. The highest BCUT2D eigenvalue weighted by Gasteiger charge is 2.15. The normalized spacial score (nSPS) is 10.9. The van der Waals surface area contributed by atoms with Crippen molar-refractivity contribution in [2.75, 3.05) is 0 Å². The first-order valence-corrected chi connectivity index (χ1v) is 7.43. The fourth-order valence-corrected chi connectivity index (χ4v) is 2.45. The van der Waals surface area contributed by atoms with Crippen LogP contribution < -0.4 is 11.1 Å². The number of carbonyl (C=O) groups is 1. The second kappa shape index (κ2) is 6.51. The highest BCUT2D eigenvalue weighted by molar-refractivity contribution is 7.13. The number of rotatable bonds is 6. The average Bonchev–Trinajstić information content (AvgIpc) is 3.06. The largest absolute Gasteiger partial charge is 0.437 e. The Morgan fingerprint density at radius 1 is 1.50 bits per heavy atom. The predicted molar refractivity (Wildman–Crippen MR) is 76.6 cm³/mol. The van der Waals surface area contributed by atoms with Crippen molar-refractivity contribution in [3.05, 3.63) is 28.1 Å². The van der Waals surface area contributed by atoms with Gasteiger partial charge in [-0.1, -0.05) is 19.9 Å². The average molecular weight is 295 g/mol. The van der Waals surface area contributed by atoms with Crippen molar-refractivity contribution in [1.82, 2.24) is 15.1 Å². The van der Waals surface area contributed by atoms with Crippen molar-refractivity contribution in [3.63, 3.8) is 0 Å². The van der Waals surface area contributed by atoms with Gasteiger partial charge < -0.3 is 9.73 Å². The third kappa shape index (κ3) is 3.36. The Balaban J connectivity index is 2.07. The van der Waals surface area contributed by atoms with E-state index < -0.39 is 5.76 Å². The molecule has 0 radical (unpaired) electrons. The summed E-state index contributed by atoms with van der Waals surface area (Å²) in [6.45, 7) is 3.89. The van der Waals surface area contributed by atoms with Gasteiger partial charge in [0.15, 0.2) is 0 Å². The summed E-state index contributed by atoms with van der Waals surface area (Å²) in [5.74, 6) is -0.597. The lowest BCUT2D eigenvalue weighted by molar-refractivity contribution is -0.122. The quantitative estimate of drug-likeness (QED) is 0.882. The maximum atomic E-state index is 11.8. The van der Waals surface area contributed by atoms with E-state index in [0.717, 1.165) is 22.4 Å². The summed E-state index contributed by atoms with van der Waals surface area (Å²) in [6.07, 6.45) is 1.72. The molecule has 0 atom stereocenters. The van der Waals surface area contributed by atoms with Gasteiger partial charge in [0.1, 0.15) is 6.54 Å². The number of nitrogens with one attached hydrogen (secondary N) is 1. The summed E-state index contributed by atoms with van der Waals surface area (Å²) >= 11 is 1.43. The van der Waals surface area contributed by atoms with Crippen LogP contribution in [0.15, 0.2) is 26.7 Å². The lowest BCUT2D eigenvalue weighted by Crippen LogP contribution is -2.38. The van der Waals surface area contributed by atoms with E-state index in [0.29, 0.717) is 0 Å². The Bertz CT molecular complexity index is 611. The number of thiophene rings is 1. The van der Waals surface area contributed by atoms with Gasteiger partial charge in [0.25, 0.3) is 5.89 Å². The van der Waals surface area contributed by atoms with E-state index in [1.165, 1.54) is 11.3 Å². The van der Waals surface area contributed by atoms with Gasteiger partial charge in [-0.2, -0.15) is 4.68 Å². The van der Waals surface area contributed by atoms with Crippen LogP contribution in [0.1, 0.15) is 26.7 Å². The molecular formula is C13H17N3O3S. The van der Waals surface area contributed by atoms with Gasteiger partial charge >= 0.3 is 5.76 Å². The first-order chi connectivity index (χ1) is 9.63. The minimum absolute atomic E-state index is 0.121. The van der Waals surface area contributed by atoms with Crippen molar-refractivity contribution in [2.24, 2.45) is 0 Å². The summed E-state index contributed by atoms with van der Waals surface area (Å²) in [5.41, 5.74) is 0. The smallest absolute Gasteiger partial charge is 0.387 e. The van der Waals surface area contributed by atoms with Gasteiger partial charge in [-0.15, -0.1) is 16.4 Å². The number of aromatic nitrogens is 2. The number of hydrogen-bond donors (Lipinski definition) is 1. The van der Waals surface area contributed by atoms with E-state index in [1.54, 1.807) is 0 Å². The predicted octanol–water partition coefficient (Wildman–Crippen LogP) is 1.87. The molecule has 20 heavy (non-hydrogen) atoms. The fourth-order valence-electron chi connectivity index (χ4n) is 1.81. The van der Waals surface area contributed by atoms with E-state index in [-0.39, 0.29) is 24.4 Å². The molecule has 0 bridgehead atoms. The van der Waals surface area contributed by atoms with Crippen LogP contribution in [-0.2, 0) is 11.3 Å². The summed E-state index contributed by atoms with van der Waals surface area (Å²) in [7, 11) is 0. The van der Waals surface area contributed by atoms with Crippen LogP contribution in [0.25, 0.3) is 10.8 Å². The minimum Gasteiger partial charge on any atom is -0.387 e. The molecule has 0 aliphatic heterocycles. The molecule has 0 aromatic carbocycles. The third-order valence-electron chi connectivity index (χ3n) is 2.98. The molecule has 6 nitrogen and oxygen atoms in total. The monoisotopic (exact) mass is 295 g/mol. The lowest BCUT2D eigenvalue weighted by atomic mass is 10.2. The van der Waals surface area contributed by atoms with Crippen molar-refractivity contribution in [3.8, 4) is 10.8 Å². The first kappa shape index (κ1) is 14.5. The molecule has 0 aliphatic rings. The van der Waals surface area contributed by atoms with Crippen molar-refractivity contribution in [2.45, 2.75) is 39.3 Å². The Kier molecular flexibility index (Phi) is 4.73. The number of nitrogens with zero attached hydrogens (tertiary/aromatic N) is 2. The number of carbonyl (C=O) groups excluding carboxylic acids is 1. The SMILES string of the molecule is CCC(CC)NC(=O)Cn1nc(-c2cccs2)oc1=O. The molecule has 1 N–H and O–H groups in total. The molecule has 0 fully saturated rings. The Hall–Kier alpha value is -1.89. The van der Waals surface area contributed by atoms with Crippen LogP contribution in [0.4, 0.5) is 0 Å². The molecule has 2 aromatic heterocycles. The number of hydrogen-bond acceptors (Lipinski definition) is 5. The zero-order valence-corrected chi connectivity index (χ0v) is 12.3. The van der Waals surface area contributed by atoms with Gasteiger partial charge in [0.05, 0.1) is 4.88 Å². The van der Waals surface area contributed by atoms with Crippen LogP contribution in [0.3, 0.4) is 0 Å². The summed E-state index contributed by atoms with van der Waals surface area (Å²) in [6, 6.07) is 3.78. The number of amides is 1.